The van der Waals surface area contributed by atoms with E-state index in [0.717, 1.165) is 10.9 Å². The lowest BCUT2D eigenvalue weighted by Crippen LogP contribution is -2.50. The summed E-state index contributed by atoms with van der Waals surface area (Å²) in [5.41, 5.74) is 2.57. The molecule has 2 aromatic carbocycles. The molecule has 0 aliphatic heterocycles. The lowest BCUT2D eigenvalue weighted by molar-refractivity contribution is -0.308. The summed E-state index contributed by atoms with van der Waals surface area (Å²) in [6, 6.07) is 8.84. The minimum Gasteiger partial charge on any atom is -0.548 e. The maximum atomic E-state index is 12.3. The van der Waals surface area contributed by atoms with Gasteiger partial charge in [0.25, 0.3) is 5.91 Å². The van der Waals surface area contributed by atoms with Gasteiger partial charge in [-0.15, -0.1) is 0 Å². The van der Waals surface area contributed by atoms with Crippen LogP contribution in [-0.4, -0.2) is 24.5 Å². The van der Waals surface area contributed by atoms with Gasteiger partial charge in [0.2, 0.25) is 0 Å². The highest BCUT2D eigenvalue weighted by atomic mass is 35.5. The predicted octanol–water partition coefficient (Wildman–Crippen LogP) is 2.23. The summed E-state index contributed by atoms with van der Waals surface area (Å²) >= 11 is 5.83. The van der Waals surface area contributed by atoms with Gasteiger partial charge in [0.15, 0.2) is 6.61 Å². The molecule has 0 spiro atoms. The first-order valence-corrected chi connectivity index (χ1v) is 9.96. The van der Waals surface area contributed by atoms with E-state index in [-0.39, 0.29) is 6.42 Å². The van der Waals surface area contributed by atoms with Gasteiger partial charge >= 0.3 is 5.63 Å². The molecule has 3 aromatic rings. The molecule has 0 bridgehead atoms. The Hall–Kier alpha value is -3.32. The van der Waals surface area contributed by atoms with Crippen LogP contribution in [0.25, 0.3) is 11.0 Å². The number of carboxylic acid groups (broad SMARTS) is 1. The van der Waals surface area contributed by atoms with Crippen LogP contribution in [0.15, 0.2) is 45.6 Å². The highest BCUT2D eigenvalue weighted by molar-refractivity contribution is 6.30. The number of amides is 1. The fraction of sp³-hybridized carbons (Fsp3) is 0.261. The standard InChI is InChI=1S/C23H22ClNO6/c1-12-13(2)23(29)31-21-14(3)19(9-8-17(12)21)30-11-20(26)25-18(22(27)28)10-15-4-6-16(24)7-5-15/h4-9,18H,10-11H2,1-3H3,(H,25,26)(H,27,28)/p-1/t18-/m1/s1. The maximum Gasteiger partial charge on any atom is 0.339 e. The third-order valence-corrected chi connectivity index (χ3v) is 5.41. The third kappa shape index (κ3) is 5.06. The zero-order chi connectivity index (χ0) is 22.7. The zero-order valence-corrected chi connectivity index (χ0v) is 18.0. The number of benzene rings is 2. The molecule has 0 aliphatic rings. The van der Waals surface area contributed by atoms with Gasteiger partial charge in [-0.05, 0) is 62.6 Å². The lowest BCUT2D eigenvalue weighted by atomic mass is 10.0. The van der Waals surface area contributed by atoms with Gasteiger partial charge in [-0.25, -0.2) is 4.79 Å². The molecule has 0 aliphatic carbocycles. The van der Waals surface area contributed by atoms with Gasteiger partial charge in [-0.1, -0.05) is 23.7 Å². The van der Waals surface area contributed by atoms with Gasteiger partial charge in [0.05, 0.1) is 12.0 Å². The Bertz CT molecular complexity index is 1200. The van der Waals surface area contributed by atoms with E-state index in [1.807, 2.05) is 6.92 Å². The first-order chi connectivity index (χ1) is 14.7. The molecule has 162 valence electrons. The Labute approximate surface area is 183 Å². The summed E-state index contributed by atoms with van der Waals surface area (Å²) in [6.07, 6.45) is 0.0457. The molecule has 1 amide bonds. The number of carbonyl (C=O) groups is 2. The second-order valence-corrected chi connectivity index (χ2v) is 7.70. The quantitative estimate of drug-likeness (QED) is 0.562. The van der Waals surface area contributed by atoms with Crippen molar-refractivity contribution in [1.29, 1.82) is 0 Å². The number of carbonyl (C=O) groups excluding carboxylic acids is 2. The highest BCUT2D eigenvalue weighted by Gasteiger charge is 2.17. The third-order valence-electron chi connectivity index (χ3n) is 5.16. The van der Waals surface area contributed by atoms with Crippen LogP contribution in [0.4, 0.5) is 0 Å². The zero-order valence-electron chi connectivity index (χ0n) is 17.3. The monoisotopic (exact) mass is 442 g/mol. The van der Waals surface area contributed by atoms with E-state index >= 15 is 0 Å². The molecule has 1 heterocycles. The Balaban J connectivity index is 1.70. The molecule has 8 heteroatoms. The van der Waals surface area contributed by atoms with E-state index in [0.29, 0.717) is 33.0 Å². The van der Waals surface area contributed by atoms with Crippen LogP contribution < -0.4 is 20.8 Å². The van der Waals surface area contributed by atoms with Crippen molar-refractivity contribution in [2.24, 2.45) is 0 Å². The van der Waals surface area contributed by atoms with Crippen molar-refractivity contribution in [2.75, 3.05) is 6.61 Å². The molecule has 0 saturated heterocycles. The van der Waals surface area contributed by atoms with Crippen molar-refractivity contribution in [3.05, 3.63) is 74.1 Å². The molecular formula is C23H21ClNO6-. The molecule has 1 aromatic heterocycles. The second kappa shape index (κ2) is 9.22. The molecule has 1 N–H and O–H groups in total. The van der Waals surface area contributed by atoms with E-state index in [4.69, 9.17) is 20.8 Å². The summed E-state index contributed by atoms with van der Waals surface area (Å²) in [5, 5.41) is 15.1. The first-order valence-electron chi connectivity index (χ1n) is 9.58. The fourth-order valence-corrected chi connectivity index (χ4v) is 3.34. The number of hydrogen-bond donors (Lipinski definition) is 1. The molecule has 7 nitrogen and oxygen atoms in total. The van der Waals surface area contributed by atoms with Gasteiger partial charge in [0.1, 0.15) is 11.3 Å². The van der Waals surface area contributed by atoms with E-state index in [9.17, 15) is 19.5 Å². The second-order valence-electron chi connectivity index (χ2n) is 7.26. The van der Waals surface area contributed by atoms with Crippen LogP contribution in [0.1, 0.15) is 22.3 Å². The SMILES string of the molecule is Cc1c(C)c2ccc(OCC(=O)N[C@H](Cc3ccc(Cl)cc3)C(=O)[O-])c(C)c2oc1=O. The van der Waals surface area contributed by atoms with Crippen molar-refractivity contribution in [3.63, 3.8) is 0 Å². The van der Waals surface area contributed by atoms with Crippen molar-refractivity contribution < 1.29 is 23.8 Å². The average molecular weight is 443 g/mol. The minimum atomic E-state index is -1.40. The number of aryl methyl sites for hydroxylation is 2. The number of aliphatic carboxylic acids is 1. The molecule has 0 unspecified atom stereocenters. The molecule has 1 atom stereocenters. The number of carboxylic acids is 1. The van der Waals surface area contributed by atoms with Crippen molar-refractivity contribution in [2.45, 2.75) is 33.2 Å². The number of hydrogen-bond acceptors (Lipinski definition) is 6. The Morgan fingerprint density at radius 2 is 1.74 bits per heavy atom. The van der Waals surface area contributed by atoms with Gasteiger partial charge in [-0.3, -0.25) is 4.79 Å². The summed E-state index contributed by atoms with van der Waals surface area (Å²) in [5.74, 6) is -1.67. The van der Waals surface area contributed by atoms with Gasteiger partial charge in [-0.2, -0.15) is 0 Å². The minimum absolute atomic E-state index is 0.0457. The smallest absolute Gasteiger partial charge is 0.339 e. The Kier molecular flexibility index (Phi) is 6.65. The molecule has 0 radical (unpaired) electrons. The average Bonchev–Trinajstić information content (AvgIpc) is 2.73. The Morgan fingerprint density at radius 1 is 1.06 bits per heavy atom. The summed E-state index contributed by atoms with van der Waals surface area (Å²) in [7, 11) is 0. The molecule has 3 rings (SSSR count). The van der Waals surface area contributed by atoms with E-state index < -0.39 is 30.2 Å². The number of rotatable bonds is 7. The van der Waals surface area contributed by atoms with Crippen molar-refractivity contribution >= 4 is 34.4 Å². The number of ether oxygens (including phenoxy) is 1. The first kappa shape index (κ1) is 22.4. The summed E-state index contributed by atoms with van der Waals surface area (Å²) in [4.78, 5) is 35.7. The van der Waals surface area contributed by atoms with Crippen LogP contribution in [0.2, 0.25) is 5.02 Å². The number of halogens is 1. The highest BCUT2D eigenvalue weighted by Crippen LogP contribution is 2.29. The molecular weight excluding hydrogens is 422 g/mol. The largest absolute Gasteiger partial charge is 0.548 e. The number of fused-ring (bicyclic) bond motifs is 1. The fourth-order valence-electron chi connectivity index (χ4n) is 3.21. The number of nitrogens with one attached hydrogen (secondary N) is 1. The van der Waals surface area contributed by atoms with Crippen LogP contribution in [0.3, 0.4) is 0 Å². The van der Waals surface area contributed by atoms with Crippen molar-refractivity contribution in [1.82, 2.24) is 5.32 Å². The molecule has 0 fully saturated rings. The normalized spacial score (nSPS) is 11.9. The summed E-state index contributed by atoms with van der Waals surface area (Å²) < 4.78 is 10.9. The van der Waals surface area contributed by atoms with Crippen LogP contribution in [0, 0.1) is 20.8 Å². The van der Waals surface area contributed by atoms with Gasteiger partial charge in [0, 0.05) is 21.5 Å². The van der Waals surface area contributed by atoms with E-state index in [2.05, 4.69) is 5.32 Å². The Morgan fingerprint density at radius 3 is 2.39 bits per heavy atom. The molecule has 0 saturated carbocycles. The molecule has 31 heavy (non-hydrogen) atoms. The van der Waals surface area contributed by atoms with Crippen LogP contribution in [0.5, 0.6) is 5.75 Å². The van der Waals surface area contributed by atoms with Crippen LogP contribution in [-0.2, 0) is 16.0 Å². The van der Waals surface area contributed by atoms with Crippen molar-refractivity contribution in [3.8, 4) is 5.75 Å². The predicted molar refractivity (Wildman–Crippen MR) is 114 cm³/mol. The van der Waals surface area contributed by atoms with E-state index in [1.165, 1.54) is 0 Å². The lowest BCUT2D eigenvalue weighted by Gasteiger charge is -2.20. The van der Waals surface area contributed by atoms with Gasteiger partial charge < -0.3 is 24.4 Å². The van der Waals surface area contributed by atoms with Crippen LogP contribution >= 0.6 is 11.6 Å². The topological polar surface area (TPSA) is 109 Å². The van der Waals surface area contributed by atoms with E-state index in [1.54, 1.807) is 50.2 Å². The summed E-state index contributed by atoms with van der Waals surface area (Å²) in [6.45, 7) is 4.84. The maximum absolute atomic E-state index is 12.3.